The quantitative estimate of drug-likeness (QED) is 0.607. The van der Waals surface area contributed by atoms with E-state index in [4.69, 9.17) is 9.47 Å². The molecule has 9 nitrogen and oxygen atoms in total. The zero-order valence-electron chi connectivity index (χ0n) is 19.1. The molecule has 0 radical (unpaired) electrons. The number of sulfonamides is 1. The number of nitrogens with one attached hydrogen (secondary N) is 2. The molecule has 0 saturated carbocycles. The van der Waals surface area contributed by atoms with Crippen molar-refractivity contribution in [2.24, 2.45) is 0 Å². The third kappa shape index (κ3) is 5.63. The summed E-state index contributed by atoms with van der Waals surface area (Å²) in [6.07, 6.45) is 1.55. The third-order valence-corrected chi connectivity index (χ3v) is 7.08. The number of carbonyl (C=O) groups is 2. The predicted octanol–water partition coefficient (Wildman–Crippen LogP) is 2.69. The Morgan fingerprint density at radius 2 is 1.79 bits per heavy atom. The number of likely N-dealkylation sites (tertiary alicyclic amines) is 1. The first-order valence-corrected chi connectivity index (χ1v) is 12.1. The highest BCUT2D eigenvalue weighted by molar-refractivity contribution is 7.89. The van der Waals surface area contributed by atoms with Crippen molar-refractivity contribution in [2.45, 2.75) is 43.7 Å². The largest absolute Gasteiger partial charge is 0.497 e. The number of rotatable bonds is 8. The van der Waals surface area contributed by atoms with Crippen LogP contribution in [0.5, 0.6) is 11.5 Å². The zero-order chi connectivity index (χ0) is 24.2. The first-order valence-electron chi connectivity index (χ1n) is 10.6. The van der Waals surface area contributed by atoms with Gasteiger partial charge in [-0.3, -0.25) is 9.59 Å². The van der Waals surface area contributed by atoms with Crippen LogP contribution in [0.1, 0.15) is 38.3 Å². The lowest BCUT2D eigenvalue weighted by atomic mass is 10.0. The fourth-order valence-electron chi connectivity index (χ4n) is 3.97. The molecule has 0 aromatic heterocycles. The molecule has 2 N–H and O–H groups in total. The van der Waals surface area contributed by atoms with Crippen molar-refractivity contribution in [3.05, 3.63) is 48.0 Å². The lowest BCUT2D eigenvalue weighted by Crippen LogP contribution is -2.46. The summed E-state index contributed by atoms with van der Waals surface area (Å²) in [5.41, 5.74) is 1.34. The molecule has 1 saturated heterocycles. The Morgan fingerprint density at radius 1 is 1.09 bits per heavy atom. The Hall–Kier alpha value is -3.11. The molecule has 1 aliphatic rings. The van der Waals surface area contributed by atoms with Gasteiger partial charge in [0.15, 0.2) is 0 Å². The van der Waals surface area contributed by atoms with Gasteiger partial charge in [-0.2, -0.15) is 4.72 Å². The number of carbonyl (C=O) groups excluding carboxylic acids is 2. The summed E-state index contributed by atoms with van der Waals surface area (Å²) in [6, 6.07) is 10.0. The van der Waals surface area contributed by atoms with Crippen LogP contribution in [-0.2, 0) is 19.6 Å². The summed E-state index contributed by atoms with van der Waals surface area (Å²) < 4.78 is 38.9. The molecule has 2 aromatic carbocycles. The molecule has 33 heavy (non-hydrogen) atoms. The maximum absolute atomic E-state index is 13.2. The van der Waals surface area contributed by atoms with Crippen LogP contribution in [0.25, 0.3) is 0 Å². The fourth-order valence-corrected chi connectivity index (χ4v) is 5.16. The average molecular weight is 476 g/mol. The maximum Gasteiger partial charge on any atom is 0.241 e. The Kier molecular flexibility index (Phi) is 7.60. The molecule has 2 atom stereocenters. The second-order valence-corrected chi connectivity index (χ2v) is 9.56. The summed E-state index contributed by atoms with van der Waals surface area (Å²) in [4.78, 5) is 26.1. The molecule has 1 heterocycles. The van der Waals surface area contributed by atoms with Gasteiger partial charge in [0.05, 0.1) is 31.2 Å². The van der Waals surface area contributed by atoms with E-state index in [9.17, 15) is 18.0 Å². The SMILES string of the molecule is COc1ccc(C2CCCN2C(=O)[C@H](C)NS(=O)(=O)c2ccc(NC(C)=O)cc2)c(OC)c1. The minimum Gasteiger partial charge on any atom is -0.497 e. The van der Waals surface area contributed by atoms with Crippen LogP contribution in [0, 0.1) is 0 Å². The Bertz CT molecular complexity index is 1120. The molecular weight excluding hydrogens is 446 g/mol. The number of hydrogen-bond acceptors (Lipinski definition) is 6. The minimum atomic E-state index is -3.93. The Balaban J connectivity index is 1.75. The van der Waals surface area contributed by atoms with Gasteiger partial charge in [-0.1, -0.05) is 0 Å². The van der Waals surface area contributed by atoms with Gasteiger partial charge in [0.2, 0.25) is 21.8 Å². The van der Waals surface area contributed by atoms with E-state index in [-0.39, 0.29) is 22.8 Å². The summed E-state index contributed by atoms with van der Waals surface area (Å²) >= 11 is 0. The molecule has 0 bridgehead atoms. The number of hydrogen-bond donors (Lipinski definition) is 2. The second-order valence-electron chi connectivity index (χ2n) is 7.85. The molecule has 1 fully saturated rings. The highest BCUT2D eigenvalue weighted by Crippen LogP contribution is 2.39. The molecule has 1 aliphatic heterocycles. The monoisotopic (exact) mass is 475 g/mol. The van der Waals surface area contributed by atoms with Crippen molar-refractivity contribution in [2.75, 3.05) is 26.1 Å². The van der Waals surface area contributed by atoms with E-state index in [1.54, 1.807) is 25.2 Å². The van der Waals surface area contributed by atoms with Gasteiger partial charge < -0.3 is 19.7 Å². The van der Waals surface area contributed by atoms with E-state index in [0.717, 1.165) is 18.4 Å². The normalized spacial score (nSPS) is 16.8. The van der Waals surface area contributed by atoms with E-state index in [1.165, 1.54) is 38.1 Å². The first kappa shape index (κ1) is 24.5. The van der Waals surface area contributed by atoms with E-state index in [1.807, 2.05) is 12.1 Å². The van der Waals surface area contributed by atoms with E-state index in [2.05, 4.69) is 10.0 Å². The number of methoxy groups -OCH3 is 2. The van der Waals surface area contributed by atoms with E-state index in [0.29, 0.717) is 23.7 Å². The number of nitrogens with zero attached hydrogens (tertiary/aromatic N) is 1. The predicted molar refractivity (Wildman–Crippen MR) is 124 cm³/mol. The molecule has 10 heteroatoms. The van der Waals surface area contributed by atoms with Gasteiger partial charge >= 0.3 is 0 Å². The molecular formula is C23H29N3O6S. The zero-order valence-corrected chi connectivity index (χ0v) is 19.9. The van der Waals surface area contributed by atoms with Crippen LogP contribution in [0.4, 0.5) is 5.69 Å². The van der Waals surface area contributed by atoms with Crippen molar-refractivity contribution in [1.29, 1.82) is 0 Å². The first-order chi connectivity index (χ1) is 15.7. The smallest absolute Gasteiger partial charge is 0.241 e. The van der Waals surface area contributed by atoms with Gasteiger partial charge in [0, 0.05) is 30.8 Å². The van der Waals surface area contributed by atoms with Gasteiger partial charge in [-0.25, -0.2) is 8.42 Å². The molecule has 2 aromatic rings. The highest BCUT2D eigenvalue weighted by atomic mass is 32.2. The average Bonchev–Trinajstić information content (AvgIpc) is 3.27. The molecule has 0 aliphatic carbocycles. The fraction of sp³-hybridized carbons (Fsp3) is 0.391. The van der Waals surface area contributed by atoms with Crippen molar-refractivity contribution in [3.63, 3.8) is 0 Å². The van der Waals surface area contributed by atoms with Crippen LogP contribution < -0.4 is 19.5 Å². The van der Waals surface area contributed by atoms with Gasteiger partial charge in [0.25, 0.3) is 0 Å². The van der Waals surface area contributed by atoms with Crippen LogP contribution >= 0.6 is 0 Å². The van der Waals surface area contributed by atoms with Crippen molar-refractivity contribution < 1.29 is 27.5 Å². The lowest BCUT2D eigenvalue weighted by molar-refractivity contribution is -0.133. The number of ether oxygens (including phenoxy) is 2. The molecule has 3 rings (SSSR count). The Labute approximate surface area is 194 Å². The number of benzene rings is 2. The lowest BCUT2D eigenvalue weighted by Gasteiger charge is -2.29. The van der Waals surface area contributed by atoms with Crippen LogP contribution in [0.2, 0.25) is 0 Å². The summed E-state index contributed by atoms with van der Waals surface area (Å²) in [6.45, 7) is 3.43. The van der Waals surface area contributed by atoms with Gasteiger partial charge in [-0.05, 0) is 56.2 Å². The molecule has 0 spiro atoms. The Morgan fingerprint density at radius 3 is 2.39 bits per heavy atom. The molecule has 178 valence electrons. The second kappa shape index (κ2) is 10.2. The van der Waals surface area contributed by atoms with E-state index < -0.39 is 16.1 Å². The summed E-state index contributed by atoms with van der Waals surface area (Å²) in [7, 11) is -0.801. The highest BCUT2D eigenvalue weighted by Gasteiger charge is 2.35. The van der Waals surface area contributed by atoms with Crippen molar-refractivity contribution in [1.82, 2.24) is 9.62 Å². The van der Waals surface area contributed by atoms with Gasteiger partial charge in [0.1, 0.15) is 11.5 Å². The van der Waals surface area contributed by atoms with Crippen LogP contribution in [-0.4, -0.2) is 51.9 Å². The van der Waals surface area contributed by atoms with Gasteiger partial charge in [-0.15, -0.1) is 0 Å². The number of anilines is 1. The van der Waals surface area contributed by atoms with E-state index >= 15 is 0 Å². The maximum atomic E-state index is 13.2. The van der Waals surface area contributed by atoms with Crippen molar-refractivity contribution >= 4 is 27.5 Å². The third-order valence-electron chi connectivity index (χ3n) is 5.52. The van der Waals surface area contributed by atoms with Crippen molar-refractivity contribution in [3.8, 4) is 11.5 Å². The summed E-state index contributed by atoms with van der Waals surface area (Å²) in [5, 5.41) is 2.58. The topological polar surface area (TPSA) is 114 Å². The summed E-state index contributed by atoms with van der Waals surface area (Å²) in [5.74, 6) is 0.703. The molecule has 1 unspecified atom stereocenters. The number of amides is 2. The van der Waals surface area contributed by atoms with Crippen LogP contribution in [0.3, 0.4) is 0 Å². The molecule has 2 amide bonds. The minimum absolute atomic E-state index is 0.00560. The van der Waals surface area contributed by atoms with Crippen LogP contribution in [0.15, 0.2) is 47.4 Å². The standard InChI is InChI=1S/C23H29N3O6S/c1-15(25-33(29,30)19-10-7-17(8-11-19)24-16(2)27)23(28)26-13-5-6-21(26)20-12-9-18(31-3)14-22(20)32-4/h7-12,14-15,21,25H,5-6,13H2,1-4H3,(H,24,27)/t15-,21?/m0/s1.